The Morgan fingerprint density at radius 1 is 1.21 bits per heavy atom. The van der Waals surface area contributed by atoms with Gasteiger partial charge >= 0.3 is 0 Å². The van der Waals surface area contributed by atoms with Crippen LogP contribution in [0.2, 0.25) is 0 Å². The van der Waals surface area contributed by atoms with Crippen molar-refractivity contribution in [3.05, 3.63) is 35.4 Å². The minimum Gasteiger partial charge on any atom is -0.388 e. The maximum Gasteiger partial charge on any atom is 0.221 e. The van der Waals surface area contributed by atoms with Gasteiger partial charge in [-0.15, -0.1) is 24.0 Å². The summed E-state index contributed by atoms with van der Waals surface area (Å²) in [6.45, 7) is 10.6. The predicted octanol–water partition coefficient (Wildman–Crippen LogP) is 3.39. The van der Waals surface area contributed by atoms with E-state index in [9.17, 15) is 9.90 Å². The standard InChI is InChI=1S/C25H43N5O2.HI/c1-4-12-25(32,13-5-2)19-29-24(27-6-3)28-16-20-9-7-10-21(15-20)17-30-14-8-11-22(18-30)23(26)31;/h7,9-10,15,22,32H,4-6,8,11-14,16-19H2,1-3H3,(H2,26,31)(H2,27,28,29);1H. The fourth-order valence-electron chi connectivity index (χ4n) is 4.51. The van der Waals surface area contributed by atoms with E-state index in [0.717, 1.165) is 76.2 Å². The number of carbonyl (C=O) groups is 1. The lowest BCUT2D eigenvalue weighted by Crippen LogP contribution is -2.47. The molecule has 1 unspecified atom stereocenters. The van der Waals surface area contributed by atoms with E-state index >= 15 is 0 Å². The van der Waals surface area contributed by atoms with Crippen LogP contribution in [-0.2, 0) is 17.9 Å². The molecule has 188 valence electrons. The van der Waals surface area contributed by atoms with Gasteiger partial charge in [0, 0.05) is 26.2 Å². The second kappa shape index (κ2) is 15.5. The number of aliphatic hydroxyl groups is 1. The van der Waals surface area contributed by atoms with Crippen LogP contribution in [0, 0.1) is 5.92 Å². The molecular weight excluding hydrogens is 529 g/mol. The van der Waals surface area contributed by atoms with Gasteiger partial charge in [-0.25, -0.2) is 4.99 Å². The number of nitrogens with zero attached hydrogens (tertiary/aromatic N) is 2. The zero-order chi connectivity index (χ0) is 23.4. The van der Waals surface area contributed by atoms with Crippen LogP contribution >= 0.6 is 24.0 Å². The first kappa shape index (κ1) is 29.6. The van der Waals surface area contributed by atoms with Crippen molar-refractivity contribution in [2.24, 2.45) is 16.6 Å². The summed E-state index contributed by atoms with van der Waals surface area (Å²) in [5, 5.41) is 17.5. The molecule has 1 heterocycles. The number of nitrogens with one attached hydrogen (secondary N) is 2. The Morgan fingerprint density at radius 3 is 2.55 bits per heavy atom. The van der Waals surface area contributed by atoms with Crippen molar-refractivity contribution >= 4 is 35.8 Å². The molecule has 1 atom stereocenters. The van der Waals surface area contributed by atoms with Crippen molar-refractivity contribution in [2.45, 2.75) is 78.0 Å². The Labute approximate surface area is 217 Å². The fourth-order valence-corrected chi connectivity index (χ4v) is 4.51. The van der Waals surface area contributed by atoms with Gasteiger partial charge in [-0.1, -0.05) is 51.0 Å². The maximum absolute atomic E-state index is 11.6. The highest BCUT2D eigenvalue weighted by molar-refractivity contribution is 14.0. The Kier molecular flexibility index (Phi) is 13.9. The number of piperidine rings is 1. The molecule has 1 aromatic carbocycles. The topological polar surface area (TPSA) is 103 Å². The molecule has 0 spiro atoms. The van der Waals surface area contributed by atoms with Gasteiger partial charge in [0.15, 0.2) is 5.96 Å². The SMILES string of the molecule is CCCC(O)(CCC)CNC(=NCc1cccc(CN2CCCC(C(N)=O)C2)c1)NCC.I. The number of hydrogen-bond acceptors (Lipinski definition) is 4. The minimum atomic E-state index is -0.698. The normalized spacial score (nSPS) is 17.3. The van der Waals surface area contributed by atoms with E-state index in [1.54, 1.807) is 0 Å². The number of aliphatic imine (C=N–C) groups is 1. The van der Waals surface area contributed by atoms with Crippen molar-refractivity contribution < 1.29 is 9.90 Å². The Bertz CT molecular complexity index is 737. The molecule has 7 nitrogen and oxygen atoms in total. The highest BCUT2D eigenvalue weighted by Gasteiger charge is 2.25. The zero-order valence-electron chi connectivity index (χ0n) is 20.6. The summed E-state index contributed by atoms with van der Waals surface area (Å²) in [5.74, 6) is 0.499. The molecular formula is C25H44IN5O2. The molecule has 0 aliphatic carbocycles. The van der Waals surface area contributed by atoms with Crippen molar-refractivity contribution in [1.82, 2.24) is 15.5 Å². The van der Waals surface area contributed by atoms with Crippen LogP contribution in [0.1, 0.15) is 70.4 Å². The second-order valence-corrected chi connectivity index (χ2v) is 9.07. The summed E-state index contributed by atoms with van der Waals surface area (Å²) in [7, 11) is 0. The highest BCUT2D eigenvalue weighted by atomic mass is 127. The van der Waals surface area contributed by atoms with Gasteiger partial charge in [-0.2, -0.15) is 0 Å². The first-order chi connectivity index (χ1) is 15.4. The number of hydrogen-bond donors (Lipinski definition) is 4. The molecule has 2 rings (SSSR count). The van der Waals surface area contributed by atoms with Crippen LogP contribution < -0.4 is 16.4 Å². The molecule has 1 aromatic rings. The number of primary amides is 1. The van der Waals surface area contributed by atoms with Crippen molar-refractivity contribution in [3.8, 4) is 0 Å². The van der Waals surface area contributed by atoms with E-state index in [1.807, 2.05) is 6.92 Å². The van der Waals surface area contributed by atoms with E-state index in [1.165, 1.54) is 5.56 Å². The molecule has 0 saturated carbocycles. The molecule has 0 aromatic heterocycles. The number of amides is 1. The van der Waals surface area contributed by atoms with Crippen LogP contribution in [0.3, 0.4) is 0 Å². The molecule has 33 heavy (non-hydrogen) atoms. The van der Waals surface area contributed by atoms with Crippen molar-refractivity contribution in [3.63, 3.8) is 0 Å². The van der Waals surface area contributed by atoms with Crippen molar-refractivity contribution in [1.29, 1.82) is 0 Å². The largest absolute Gasteiger partial charge is 0.388 e. The molecule has 0 bridgehead atoms. The third-order valence-corrected chi connectivity index (χ3v) is 6.09. The first-order valence-electron chi connectivity index (χ1n) is 12.2. The Balaban J connectivity index is 0.00000544. The molecule has 0 radical (unpaired) electrons. The zero-order valence-corrected chi connectivity index (χ0v) is 22.9. The molecule has 1 amide bonds. The second-order valence-electron chi connectivity index (χ2n) is 9.07. The third kappa shape index (κ3) is 10.6. The van der Waals surface area contributed by atoms with E-state index in [4.69, 9.17) is 10.7 Å². The van der Waals surface area contributed by atoms with E-state index in [2.05, 4.69) is 53.6 Å². The van der Waals surface area contributed by atoms with Gasteiger partial charge < -0.3 is 21.5 Å². The van der Waals surface area contributed by atoms with Crippen molar-refractivity contribution in [2.75, 3.05) is 26.2 Å². The first-order valence-corrected chi connectivity index (χ1v) is 12.2. The monoisotopic (exact) mass is 573 g/mol. The Morgan fingerprint density at radius 2 is 1.91 bits per heavy atom. The number of nitrogens with two attached hydrogens (primary N) is 1. The molecule has 1 saturated heterocycles. The Hall–Kier alpha value is -1.39. The van der Waals surface area contributed by atoms with Gasteiger partial charge in [0.1, 0.15) is 0 Å². The number of halogens is 1. The van der Waals surface area contributed by atoms with Gasteiger partial charge in [0.05, 0.1) is 18.1 Å². The summed E-state index contributed by atoms with van der Waals surface area (Å²) in [6.07, 6.45) is 5.38. The summed E-state index contributed by atoms with van der Waals surface area (Å²) in [6, 6.07) is 8.46. The number of carbonyl (C=O) groups excluding carboxylic acids is 1. The summed E-state index contributed by atoms with van der Waals surface area (Å²) >= 11 is 0. The quantitative estimate of drug-likeness (QED) is 0.175. The lowest BCUT2D eigenvalue weighted by molar-refractivity contribution is -0.123. The number of likely N-dealkylation sites (tertiary alicyclic amines) is 1. The molecule has 1 aliphatic heterocycles. The number of benzene rings is 1. The van der Waals surface area contributed by atoms with Crippen LogP contribution in [0.5, 0.6) is 0 Å². The van der Waals surface area contributed by atoms with E-state index in [0.29, 0.717) is 13.1 Å². The molecule has 1 fully saturated rings. The molecule has 1 aliphatic rings. The minimum absolute atomic E-state index is 0. The third-order valence-electron chi connectivity index (χ3n) is 6.09. The van der Waals surface area contributed by atoms with Crippen LogP contribution in [0.4, 0.5) is 0 Å². The smallest absolute Gasteiger partial charge is 0.221 e. The fraction of sp³-hybridized carbons (Fsp3) is 0.680. The summed E-state index contributed by atoms with van der Waals surface area (Å²) in [4.78, 5) is 18.6. The lowest BCUT2D eigenvalue weighted by atomic mass is 9.93. The molecule has 8 heteroatoms. The lowest BCUT2D eigenvalue weighted by Gasteiger charge is -2.31. The summed E-state index contributed by atoms with van der Waals surface area (Å²) in [5.41, 5.74) is 7.18. The summed E-state index contributed by atoms with van der Waals surface area (Å²) < 4.78 is 0. The average molecular weight is 574 g/mol. The average Bonchev–Trinajstić information content (AvgIpc) is 2.76. The predicted molar refractivity (Wildman–Crippen MR) is 147 cm³/mol. The number of guanidine groups is 1. The van der Waals surface area contributed by atoms with Gasteiger partial charge in [-0.3, -0.25) is 9.69 Å². The van der Waals surface area contributed by atoms with Gasteiger partial charge in [-0.05, 0) is 50.3 Å². The van der Waals surface area contributed by atoms with E-state index in [-0.39, 0.29) is 35.8 Å². The van der Waals surface area contributed by atoms with Crippen LogP contribution in [0.15, 0.2) is 29.3 Å². The maximum atomic E-state index is 11.6. The van der Waals surface area contributed by atoms with Gasteiger partial charge in [0.25, 0.3) is 0 Å². The van der Waals surface area contributed by atoms with Gasteiger partial charge in [0.2, 0.25) is 5.91 Å². The highest BCUT2D eigenvalue weighted by Crippen LogP contribution is 2.20. The van der Waals surface area contributed by atoms with Crippen LogP contribution in [0.25, 0.3) is 0 Å². The molecule has 5 N–H and O–H groups in total. The number of rotatable bonds is 12. The van der Waals surface area contributed by atoms with Crippen LogP contribution in [-0.4, -0.2) is 53.7 Å². The van der Waals surface area contributed by atoms with E-state index < -0.39 is 5.60 Å².